The largest absolute Gasteiger partial charge is 0.336 e. The smallest absolute Gasteiger partial charge is 0.253 e. The van der Waals surface area contributed by atoms with Crippen LogP contribution in [0.2, 0.25) is 10.0 Å². The molecular weight excluding hydrogens is 429 g/mol. The molecule has 0 spiro atoms. The Morgan fingerprint density at radius 3 is 1.71 bits per heavy atom. The summed E-state index contributed by atoms with van der Waals surface area (Å²) in [6.45, 7) is 2.77. The van der Waals surface area contributed by atoms with E-state index in [0.717, 1.165) is 24.2 Å². The molecule has 0 unspecified atom stereocenters. The monoisotopic (exact) mass is 449 g/mol. The molecule has 1 heterocycles. The van der Waals surface area contributed by atoms with Crippen LogP contribution in [0.4, 0.5) is 0 Å². The molecule has 4 nitrogen and oxygen atoms in total. The number of hydrogen-bond acceptors (Lipinski definition) is 3. The van der Waals surface area contributed by atoms with E-state index in [1.807, 2.05) is 29.2 Å². The van der Waals surface area contributed by atoms with Gasteiger partial charge in [-0.1, -0.05) is 47.5 Å². The minimum atomic E-state index is -0.00123. The number of benzene rings is 3. The van der Waals surface area contributed by atoms with E-state index >= 15 is 0 Å². The summed E-state index contributed by atoms with van der Waals surface area (Å²) in [7, 11) is 0. The van der Waals surface area contributed by atoms with Crippen molar-refractivity contribution in [3.8, 4) is 6.07 Å². The van der Waals surface area contributed by atoms with Gasteiger partial charge in [0.15, 0.2) is 0 Å². The Morgan fingerprint density at radius 2 is 1.26 bits per heavy atom. The van der Waals surface area contributed by atoms with E-state index in [9.17, 15) is 4.79 Å². The lowest BCUT2D eigenvalue weighted by atomic mass is 9.96. The van der Waals surface area contributed by atoms with Gasteiger partial charge in [-0.15, -0.1) is 0 Å². The first-order chi connectivity index (χ1) is 15.0. The summed E-state index contributed by atoms with van der Waals surface area (Å²) in [4.78, 5) is 17.1. The van der Waals surface area contributed by atoms with Crippen LogP contribution in [0.1, 0.15) is 33.1 Å². The van der Waals surface area contributed by atoms with Crippen LogP contribution in [0.25, 0.3) is 0 Å². The highest BCUT2D eigenvalue weighted by Gasteiger charge is 2.28. The van der Waals surface area contributed by atoms with E-state index in [0.29, 0.717) is 34.3 Å². The highest BCUT2D eigenvalue weighted by Crippen LogP contribution is 2.31. The molecule has 0 bridgehead atoms. The average molecular weight is 450 g/mol. The minimum Gasteiger partial charge on any atom is -0.336 e. The zero-order chi connectivity index (χ0) is 21.8. The summed E-state index contributed by atoms with van der Waals surface area (Å²) in [6, 6.07) is 24.8. The molecular formula is C25H21Cl2N3O. The van der Waals surface area contributed by atoms with Gasteiger partial charge in [0.2, 0.25) is 0 Å². The zero-order valence-corrected chi connectivity index (χ0v) is 18.4. The molecule has 156 valence electrons. The fourth-order valence-electron chi connectivity index (χ4n) is 3.96. The fourth-order valence-corrected chi connectivity index (χ4v) is 4.21. The molecule has 1 aliphatic rings. The molecule has 0 aliphatic carbocycles. The number of halogens is 2. The number of nitriles is 1. The Labute approximate surface area is 192 Å². The maximum atomic E-state index is 12.9. The molecule has 0 saturated carbocycles. The summed E-state index contributed by atoms with van der Waals surface area (Å²) >= 11 is 12.2. The van der Waals surface area contributed by atoms with Crippen LogP contribution in [0.5, 0.6) is 0 Å². The van der Waals surface area contributed by atoms with Crippen molar-refractivity contribution in [2.45, 2.75) is 6.04 Å². The molecule has 3 aromatic rings. The summed E-state index contributed by atoms with van der Waals surface area (Å²) in [5.41, 5.74) is 3.46. The van der Waals surface area contributed by atoms with Crippen molar-refractivity contribution >= 4 is 29.1 Å². The highest BCUT2D eigenvalue weighted by molar-refractivity contribution is 6.30. The number of piperazine rings is 1. The number of nitrogens with zero attached hydrogens (tertiary/aromatic N) is 3. The van der Waals surface area contributed by atoms with Gasteiger partial charge < -0.3 is 4.90 Å². The molecule has 6 heteroatoms. The van der Waals surface area contributed by atoms with Gasteiger partial charge in [-0.2, -0.15) is 5.26 Å². The van der Waals surface area contributed by atoms with Gasteiger partial charge in [0.25, 0.3) is 5.91 Å². The lowest BCUT2D eigenvalue weighted by Crippen LogP contribution is -2.49. The third kappa shape index (κ3) is 4.91. The first-order valence-corrected chi connectivity index (χ1v) is 10.8. The van der Waals surface area contributed by atoms with E-state index in [2.05, 4.69) is 35.2 Å². The standard InChI is InChI=1S/C25H21Cl2N3O/c26-22-9-5-19(6-10-22)24(20-7-11-23(27)12-8-20)29-13-15-30(16-14-29)25(31)21-3-1-18(17-28)2-4-21/h1-12,24H,13-16H2. The van der Waals surface area contributed by atoms with Crippen molar-refractivity contribution < 1.29 is 4.79 Å². The quantitative estimate of drug-likeness (QED) is 0.534. The summed E-state index contributed by atoms with van der Waals surface area (Å²) in [5.74, 6) is -0.00123. The van der Waals surface area contributed by atoms with E-state index in [4.69, 9.17) is 28.5 Å². The lowest BCUT2D eigenvalue weighted by molar-refractivity contribution is 0.0597. The summed E-state index contributed by atoms with van der Waals surface area (Å²) < 4.78 is 0. The fraction of sp³-hybridized carbons (Fsp3) is 0.200. The average Bonchev–Trinajstić information content (AvgIpc) is 2.82. The second-order valence-electron chi connectivity index (χ2n) is 7.52. The van der Waals surface area contributed by atoms with Crippen LogP contribution in [-0.2, 0) is 0 Å². The van der Waals surface area contributed by atoms with Crippen molar-refractivity contribution in [1.29, 1.82) is 5.26 Å². The van der Waals surface area contributed by atoms with Gasteiger partial charge in [-0.25, -0.2) is 0 Å². The van der Waals surface area contributed by atoms with Gasteiger partial charge in [0.1, 0.15) is 0 Å². The molecule has 0 aromatic heterocycles. The second-order valence-corrected chi connectivity index (χ2v) is 8.40. The van der Waals surface area contributed by atoms with Crippen LogP contribution < -0.4 is 0 Å². The van der Waals surface area contributed by atoms with Crippen molar-refractivity contribution in [2.75, 3.05) is 26.2 Å². The molecule has 1 aliphatic heterocycles. The Bertz CT molecular complexity index is 1040. The van der Waals surface area contributed by atoms with Crippen LogP contribution in [-0.4, -0.2) is 41.9 Å². The van der Waals surface area contributed by atoms with Crippen LogP contribution in [0, 0.1) is 11.3 Å². The van der Waals surface area contributed by atoms with Crippen molar-refractivity contribution in [2.24, 2.45) is 0 Å². The highest BCUT2D eigenvalue weighted by atomic mass is 35.5. The molecule has 0 atom stereocenters. The Morgan fingerprint density at radius 1 is 0.774 bits per heavy atom. The Hall–Kier alpha value is -2.84. The first kappa shape index (κ1) is 21.4. The Balaban J connectivity index is 1.52. The molecule has 1 amide bonds. The SMILES string of the molecule is N#Cc1ccc(C(=O)N2CCN(C(c3ccc(Cl)cc3)c3ccc(Cl)cc3)CC2)cc1. The van der Waals surface area contributed by atoms with Gasteiger partial charge in [-0.05, 0) is 59.7 Å². The molecule has 4 rings (SSSR count). The third-order valence-corrected chi connectivity index (χ3v) is 6.10. The van der Waals surface area contributed by atoms with Crippen LogP contribution >= 0.6 is 23.2 Å². The molecule has 31 heavy (non-hydrogen) atoms. The second kappa shape index (κ2) is 9.53. The minimum absolute atomic E-state index is 0.00123. The topological polar surface area (TPSA) is 47.3 Å². The van der Waals surface area contributed by atoms with Gasteiger partial charge in [0.05, 0.1) is 17.7 Å². The van der Waals surface area contributed by atoms with Gasteiger partial charge in [-0.3, -0.25) is 9.69 Å². The van der Waals surface area contributed by atoms with Crippen molar-refractivity contribution in [3.05, 3.63) is 105 Å². The number of amides is 1. The maximum Gasteiger partial charge on any atom is 0.253 e. The predicted molar refractivity (Wildman–Crippen MR) is 123 cm³/mol. The lowest BCUT2D eigenvalue weighted by Gasteiger charge is -2.40. The molecule has 1 saturated heterocycles. The van der Waals surface area contributed by atoms with Gasteiger partial charge in [0, 0.05) is 41.8 Å². The summed E-state index contributed by atoms with van der Waals surface area (Å²) in [6.07, 6.45) is 0. The first-order valence-electron chi connectivity index (χ1n) is 10.1. The van der Waals surface area contributed by atoms with Crippen LogP contribution in [0.3, 0.4) is 0 Å². The number of carbonyl (C=O) groups is 1. The van der Waals surface area contributed by atoms with E-state index < -0.39 is 0 Å². The van der Waals surface area contributed by atoms with Crippen LogP contribution in [0.15, 0.2) is 72.8 Å². The zero-order valence-electron chi connectivity index (χ0n) is 16.8. The number of hydrogen-bond donors (Lipinski definition) is 0. The molecule has 3 aromatic carbocycles. The number of carbonyl (C=O) groups excluding carboxylic acids is 1. The summed E-state index contributed by atoms with van der Waals surface area (Å²) in [5, 5.41) is 10.4. The number of rotatable bonds is 4. The predicted octanol–water partition coefficient (Wildman–Crippen LogP) is 5.41. The van der Waals surface area contributed by atoms with E-state index in [-0.39, 0.29) is 11.9 Å². The molecule has 1 fully saturated rings. The Kier molecular flexibility index (Phi) is 6.58. The third-order valence-electron chi connectivity index (χ3n) is 5.60. The van der Waals surface area contributed by atoms with E-state index in [1.165, 1.54) is 0 Å². The normalized spacial score (nSPS) is 14.5. The van der Waals surface area contributed by atoms with Crippen molar-refractivity contribution in [1.82, 2.24) is 9.80 Å². The maximum absolute atomic E-state index is 12.9. The molecule has 0 N–H and O–H groups in total. The van der Waals surface area contributed by atoms with E-state index in [1.54, 1.807) is 24.3 Å². The molecule has 0 radical (unpaired) electrons. The van der Waals surface area contributed by atoms with Crippen molar-refractivity contribution in [3.63, 3.8) is 0 Å². The van der Waals surface area contributed by atoms with Gasteiger partial charge >= 0.3 is 0 Å².